The summed E-state index contributed by atoms with van der Waals surface area (Å²) in [7, 11) is 0. The first-order valence-corrected chi connectivity index (χ1v) is 13.9. The lowest BCUT2D eigenvalue weighted by atomic mass is 10.1. The third-order valence-corrected chi connectivity index (χ3v) is 6.79. The zero-order chi connectivity index (χ0) is 29.2. The quantitative estimate of drug-likeness (QED) is 0.298. The van der Waals surface area contributed by atoms with Crippen molar-refractivity contribution < 1.29 is 18.8 Å². The van der Waals surface area contributed by atoms with E-state index in [0.29, 0.717) is 49.7 Å². The zero-order valence-corrected chi connectivity index (χ0v) is 23.5. The van der Waals surface area contributed by atoms with Crippen molar-refractivity contribution in [1.82, 2.24) is 15.5 Å². The summed E-state index contributed by atoms with van der Waals surface area (Å²) in [5.74, 6) is -0.662. The van der Waals surface area contributed by atoms with Crippen molar-refractivity contribution in [3.05, 3.63) is 89.2 Å². The van der Waals surface area contributed by atoms with Crippen LogP contribution in [-0.2, 0) is 6.54 Å². The Balaban J connectivity index is 1.49. The van der Waals surface area contributed by atoms with Crippen LogP contribution in [0, 0.1) is 12.7 Å². The fourth-order valence-electron chi connectivity index (χ4n) is 4.65. The van der Waals surface area contributed by atoms with Crippen molar-refractivity contribution in [3.8, 4) is 0 Å². The van der Waals surface area contributed by atoms with Crippen molar-refractivity contribution >= 4 is 35.0 Å². The molecule has 0 unspecified atom stereocenters. The molecule has 0 atom stereocenters. The van der Waals surface area contributed by atoms with Crippen LogP contribution >= 0.6 is 0 Å². The Labute approximate surface area is 240 Å². The number of nitrogens with one attached hydrogen (secondary N) is 4. The van der Waals surface area contributed by atoms with E-state index in [1.807, 2.05) is 44.2 Å². The fraction of sp³-hybridized carbons (Fsp3) is 0.323. The van der Waals surface area contributed by atoms with Gasteiger partial charge in [-0.2, -0.15) is 0 Å². The van der Waals surface area contributed by atoms with Gasteiger partial charge in [-0.05, 0) is 73.4 Å². The molecule has 216 valence electrons. The van der Waals surface area contributed by atoms with E-state index in [1.165, 1.54) is 12.1 Å². The Kier molecular flexibility index (Phi) is 10.1. The Morgan fingerprint density at radius 2 is 1.63 bits per heavy atom. The average molecular weight is 561 g/mol. The highest BCUT2D eigenvalue weighted by Gasteiger charge is 2.23. The number of nitrogens with zero attached hydrogens (tertiary/aromatic N) is 2. The smallest absolute Gasteiger partial charge is 0.321 e. The molecular weight excluding hydrogens is 523 g/mol. The summed E-state index contributed by atoms with van der Waals surface area (Å²) in [4.78, 5) is 42.5. The summed E-state index contributed by atoms with van der Waals surface area (Å²) in [6, 6.07) is 18.4. The van der Waals surface area contributed by atoms with Gasteiger partial charge in [-0.15, -0.1) is 0 Å². The molecule has 1 heterocycles. The molecular formula is C31H37FN6O3. The first-order valence-electron chi connectivity index (χ1n) is 13.9. The van der Waals surface area contributed by atoms with E-state index in [4.69, 9.17) is 0 Å². The average Bonchev–Trinajstić information content (AvgIpc) is 3.22. The number of carbonyl (C=O) groups is 3. The first-order chi connectivity index (χ1) is 19.8. The largest absolute Gasteiger partial charge is 0.369 e. The zero-order valence-electron chi connectivity index (χ0n) is 23.5. The van der Waals surface area contributed by atoms with Gasteiger partial charge >= 0.3 is 12.1 Å². The van der Waals surface area contributed by atoms with Crippen LogP contribution in [0.15, 0.2) is 66.7 Å². The molecule has 10 heteroatoms. The van der Waals surface area contributed by atoms with Crippen LogP contribution in [0.4, 0.5) is 31.0 Å². The van der Waals surface area contributed by atoms with Crippen molar-refractivity contribution in [2.75, 3.05) is 48.3 Å². The normalized spacial score (nSPS) is 13.2. The van der Waals surface area contributed by atoms with Crippen LogP contribution in [-0.4, -0.2) is 55.6 Å². The minimum atomic E-state index is -0.345. The molecule has 3 aromatic rings. The van der Waals surface area contributed by atoms with Crippen molar-refractivity contribution in [2.24, 2.45) is 0 Å². The number of benzene rings is 3. The van der Waals surface area contributed by atoms with Gasteiger partial charge in [0, 0.05) is 56.3 Å². The summed E-state index contributed by atoms with van der Waals surface area (Å²) in [6.07, 6.45) is 1.52. The number of hydrogen-bond donors (Lipinski definition) is 4. The van der Waals surface area contributed by atoms with Crippen LogP contribution in [0.2, 0.25) is 0 Å². The molecule has 0 radical (unpaired) electrons. The highest BCUT2D eigenvalue weighted by molar-refractivity contribution is 6.02. The molecule has 1 aliphatic heterocycles. The molecule has 1 aliphatic rings. The van der Waals surface area contributed by atoms with Crippen LogP contribution in [0.25, 0.3) is 0 Å². The molecule has 1 fully saturated rings. The lowest BCUT2D eigenvalue weighted by Crippen LogP contribution is -2.38. The van der Waals surface area contributed by atoms with Crippen LogP contribution in [0.1, 0.15) is 41.3 Å². The maximum atomic E-state index is 13.4. The Bertz CT molecular complexity index is 1360. The van der Waals surface area contributed by atoms with Gasteiger partial charge in [0.1, 0.15) is 5.82 Å². The minimum Gasteiger partial charge on any atom is -0.369 e. The molecule has 5 amide bonds. The standard InChI is InChI=1S/C31H37FN6O3/c1-3-14-33-30(40)35-26-12-13-28(27(20-26)29(39)34-21-23-8-10-24(32)11-9-23)37-15-5-16-38(18-17-37)31(41)36-25-7-4-6-22(2)19-25/h4,6-13,19-20H,3,5,14-18,21H2,1-2H3,(H,34,39)(H,36,41)(H2,33,35,40). The third kappa shape index (κ3) is 8.44. The SMILES string of the molecule is CCCNC(=O)Nc1ccc(N2CCCN(C(=O)Nc3cccc(C)c3)CC2)c(C(=O)NCc2ccc(F)cc2)c1. The molecule has 4 N–H and O–H groups in total. The van der Waals surface area contributed by atoms with Gasteiger partial charge in [0.2, 0.25) is 0 Å². The van der Waals surface area contributed by atoms with Gasteiger partial charge in [0.25, 0.3) is 5.91 Å². The maximum Gasteiger partial charge on any atom is 0.321 e. The van der Waals surface area contributed by atoms with Gasteiger partial charge in [-0.25, -0.2) is 14.0 Å². The van der Waals surface area contributed by atoms with Crippen molar-refractivity contribution in [1.29, 1.82) is 0 Å². The second kappa shape index (κ2) is 14.2. The molecule has 9 nitrogen and oxygen atoms in total. The number of anilines is 3. The number of hydrogen-bond acceptors (Lipinski definition) is 4. The number of urea groups is 2. The molecule has 0 aliphatic carbocycles. The van der Waals surface area contributed by atoms with E-state index in [-0.39, 0.29) is 30.3 Å². The summed E-state index contributed by atoms with van der Waals surface area (Å²) >= 11 is 0. The second-order valence-electron chi connectivity index (χ2n) is 10.0. The van der Waals surface area contributed by atoms with Gasteiger partial charge in [0.15, 0.2) is 0 Å². The Hall–Kier alpha value is -4.60. The Morgan fingerprint density at radius 1 is 0.854 bits per heavy atom. The van der Waals surface area contributed by atoms with Gasteiger partial charge in [-0.1, -0.05) is 31.2 Å². The highest BCUT2D eigenvalue weighted by atomic mass is 19.1. The van der Waals surface area contributed by atoms with E-state index in [9.17, 15) is 18.8 Å². The summed E-state index contributed by atoms with van der Waals surface area (Å²) in [6.45, 7) is 6.94. The summed E-state index contributed by atoms with van der Waals surface area (Å²) in [5.41, 5.74) is 4.18. The van der Waals surface area contributed by atoms with Crippen LogP contribution in [0.3, 0.4) is 0 Å². The molecule has 3 aromatic carbocycles. The van der Waals surface area contributed by atoms with Gasteiger partial charge in [0.05, 0.1) is 5.56 Å². The van der Waals surface area contributed by atoms with Gasteiger partial charge < -0.3 is 31.1 Å². The number of amides is 5. The van der Waals surface area contributed by atoms with Crippen molar-refractivity contribution in [3.63, 3.8) is 0 Å². The topological polar surface area (TPSA) is 106 Å². The Morgan fingerprint density at radius 3 is 2.39 bits per heavy atom. The predicted molar refractivity (Wildman–Crippen MR) is 160 cm³/mol. The molecule has 41 heavy (non-hydrogen) atoms. The predicted octanol–water partition coefficient (Wildman–Crippen LogP) is 5.34. The molecule has 0 aromatic heterocycles. The van der Waals surface area contributed by atoms with E-state index < -0.39 is 0 Å². The van der Waals surface area contributed by atoms with E-state index in [2.05, 4.69) is 26.2 Å². The first kappa shape index (κ1) is 29.4. The number of aryl methyl sites for hydroxylation is 1. The van der Waals surface area contributed by atoms with Crippen LogP contribution in [0.5, 0.6) is 0 Å². The fourth-order valence-corrected chi connectivity index (χ4v) is 4.65. The second-order valence-corrected chi connectivity index (χ2v) is 10.0. The van der Waals surface area contributed by atoms with E-state index in [0.717, 1.165) is 29.7 Å². The molecule has 1 saturated heterocycles. The highest BCUT2D eigenvalue weighted by Crippen LogP contribution is 2.26. The van der Waals surface area contributed by atoms with Crippen LogP contribution < -0.4 is 26.2 Å². The third-order valence-electron chi connectivity index (χ3n) is 6.79. The molecule has 0 bridgehead atoms. The van der Waals surface area contributed by atoms with Crippen molar-refractivity contribution in [2.45, 2.75) is 33.2 Å². The number of halogens is 1. The molecule has 0 saturated carbocycles. The molecule has 4 rings (SSSR count). The molecule has 0 spiro atoms. The lowest BCUT2D eigenvalue weighted by Gasteiger charge is -2.26. The lowest BCUT2D eigenvalue weighted by molar-refractivity contribution is 0.0951. The number of rotatable bonds is 8. The maximum absolute atomic E-state index is 13.4. The van der Waals surface area contributed by atoms with E-state index in [1.54, 1.807) is 29.2 Å². The monoisotopic (exact) mass is 560 g/mol. The summed E-state index contributed by atoms with van der Waals surface area (Å²) < 4.78 is 13.3. The number of carbonyl (C=O) groups excluding carboxylic acids is 3. The van der Waals surface area contributed by atoms with Gasteiger partial charge in [-0.3, -0.25) is 4.79 Å². The van der Waals surface area contributed by atoms with E-state index >= 15 is 0 Å². The summed E-state index contributed by atoms with van der Waals surface area (Å²) in [5, 5.41) is 11.4. The minimum absolute atomic E-state index is 0.160.